The van der Waals surface area contributed by atoms with Gasteiger partial charge in [-0.3, -0.25) is 0 Å². The summed E-state index contributed by atoms with van der Waals surface area (Å²) in [6.07, 6.45) is 2.84. The summed E-state index contributed by atoms with van der Waals surface area (Å²) in [6, 6.07) is 5.89. The molecule has 4 heteroatoms. The topological polar surface area (TPSA) is 38.7 Å². The number of hydrogen-bond donors (Lipinski definition) is 1. The number of aliphatic hydroxyl groups excluding tert-OH is 1. The number of halogens is 1. The zero-order valence-corrected chi connectivity index (χ0v) is 12.3. The molecular formula is C14H19BrO3. The van der Waals surface area contributed by atoms with Crippen LogP contribution in [0.25, 0.3) is 0 Å². The van der Waals surface area contributed by atoms with Gasteiger partial charge in [0, 0.05) is 10.7 Å². The molecule has 0 spiro atoms. The zero-order valence-electron chi connectivity index (χ0n) is 10.7. The van der Waals surface area contributed by atoms with Crippen LogP contribution >= 0.6 is 15.9 Å². The minimum Gasteiger partial charge on any atom is -0.493 e. The Balaban J connectivity index is 2.27. The van der Waals surface area contributed by atoms with Crippen molar-refractivity contribution in [3.8, 4) is 11.5 Å². The van der Waals surface area contributed by atoms with E-state index in [1.807, 2.05) is 18.2 Å². The van der Waals surface area contributed by atoms with E-state index in [-0.39, 0.29) is 16.8 Å². The van der Waals surface area contributed by atoms with E-state index in [9.17, 15) is 5.11 Å². The molecule has 1 aliphatic rings. The van der Waals surface area contributed by atoms with Gasteiger partial charge < -0.3 is 14.6 Å². The lowest BCUT2D eigenvalue weighted by Crippen LogP contribution is -2.32. The fourth-order valence-corrected chi connectivity index (χ4v) is 3.27. The first-order valence-electron chi connectivity index (χ1n) is 6.21. The maximum Gasteiger partial charge on any atom is 0.160 e. The first kappa shape index (κ1) is 13.7. The van der Waals surface area contributed by atoms with Crippen LogP contribution in [0.1, 0.15) is 30.7 Å². The number of hydrogen-bond acceptors (Lipinski definition) is 3. The second kappa shape index (κ2) is 5.93. The SMILES string of the molecule is COc1ccc(C2CCCC(Br)C2O)cc1OC. The summed E-state index contributed by atoms with van der Waals surface area (Å²) < 4.78 is 10.5. The first-order chi connectivity index (χ1) is 8.67. The van der Waals surface area contributed by atoms with Crippen LogP contribution in [0.3, 0.4) is 0 Å². The van der Waals surface area contributed by atoms with Crippen molar-refractivity contribution in [2.45, 2.75) is 36.1 Å². The van der Waals surface area contributed by atoms with Crippen LogP contribution in [0.15, 0.2) is 18.2 Å². The van der Waals surface area contributed by atoms with Gasteiger partial charge in [-0.15, -0.1) is 0 Å². The second-order valence-electron chi connectivity index (χ2n) is 4.66. The Bertz CT molecular complexity index is 408. The van der Waals surface area contributed by atoms with Crippen LogP contribution in [0.4, 0.5) is 0 Å². The predicted molar refractivity (Wildman–Crippen MR) is 74.9 cm³/mol. The highest BCUT2D eigenvalue weighted by Crippen LogP contribution is 2.39. The molecule has 1 aliphatic carbocycles. The largest absolute Gasteiger partial charge is 0.493 e. The number of rotatable bonds is 3. The summed E-state index contributed by atoms with van der Waals surface area (Å²) in [7, 11) is 3.26. The Hall–Kier alpha value is -0.740. The molecule has 0 heterocycles. The Morgan fingerprint density at radius 3 is 2.56 bits per heavy atom. The molecule has 1 aromatic rings. The molecule has 3 nitrogen and oxygen atoms in total. The fourth-order valence-electron chi connectivity index (χ4n) is 2.57. The predicted octanol–water partition coefficient (Wildman–Crippen LogP) is 3.10. The highest BCUT2D eigenvalue weighted by Gasteiger charge is 2.31. The quantitative estimate of drug-likeness (QED) is 0.871. The third-order valence-electron chi connectivity index (χ3n) is 3.61. The van der Waals surface area contributed by atoms with E-state index in [1.54, 1.807) is 14.2 Å². The normalized spacial score (nSPS) is 27.9. The van der Waals surface area contributed by atoms with Gasteiger partial charge >= 0.3 is 0 Å². The highest BCUT2D eigenvalue weighted by molar-refractivity contribution is 9.09. The molecule has 0 amide bonds. The number of aliphatic hydroxyl groups is 1. The first-order valence-corrected chi connectivity index (χ1v) is 7.13. The van der Waals surface area contributed by atoms with Crippen LogP contribution in [0, 0.1) is 0 Å². The van der Waals surface area contributed by atoms with Gasteiger partial charge in [-0.2, -0.15) is 0 Å². The summed E-state index contributed by atoms with van der Waals surface area (Å²) in [4.78, 5) is 0.185. The van der Waals surface area contributed by atoms with E-state index in [1.165, 1.54) is 0 Å². The maximum atomic E-state index is 10.3. The Labute approximate surface area is 116 Å². The van der Waals surface area contributed by atoms with Crippen molar-refractivity contribution in [3.05, 3.63) is 23.8 Å². The molecule has 0 aliphatic heterocycles. The monoisotopic (exact) mass is 314 g/mol. The summed E-state index contributed by atoms with van der Waals surface area (Å²) in [6.45, 7) is 0. The molecule has 1 fully saturated rings. The number of ether oxygens (including phenoxy) is 2. The van der Waals surface area contributed by atoms with Crippen LogP contribution in [0.2, 0.25) is 0 Å². The van der Waals surface area contributed by atoms with Crippen molar-refractivity contribution in [2.75, 3.05) is 14.2 Å². The minimum absolute atomic E-state index is 0.169. The molecule has 0 radical (unpaired) electrons. The summed E-state index contributed by atoms with van der Waals surface area (Å²) in [5, 5.41) is 10.3. The lowest BCUT2D eigenvalue weighted by Gasteiger charge is -2.32. The van der Waals surface area contributed by atoms with E-state index in [2.05, 4.69) is 15.9 Å². The average Bonchev–Trinajstić information content (AvgIpc) is 2.41. The van der Waals surface area contributed by atoms with Gasteiger partial charge in [0.2, 0.25) is 0 Å². The molecule has 0 bridgehead atoms. The zero-order chi connectivity index (χ0) is 13.1. The fraction of sp³-hybridized carbons (Fsp3) is 0.571. The van der Waals surface area contributed by atoms with Crippen molar-refractivity contribution in [2.24, 2.45) is 0 Å². The van der Waals surface area contributed by atoms with Crippen LogP contribution in [0.5, 0.6) is 11.5 Å². The Kier molecular flexibility index (Phi) is 4.51. The van der Waals surface area contributed by atoms with Crippen molar-refractivity contribution in [1.29, 1.82) is 0 Å². The van der Waals surface area contributed by atoms with Crippen molar-refractivity contribution in [1.82, 2.24) is 0 Å². The number of benzene rings is 1. The molecular weight excluding hydrogens is 296 g/mol. The molecule has 0 saturated heterocycles. The standard InChI is InChI=1S/C14H19BrO3/c1-17-12-7-6-9(8-13(12)18-2)10-4-3-5-11(15)14(10)16/h6-8,10-11,14,16H,3-5H2,1-2H3. The third-order valence-corrected chi connectivity index (χ3v) is 4.61. The molecule has 3 unspecified atom stereocenters. The highest BCUT2D eigenvalue weighted by atomic mass is 79.9. The molecule has 3 atom stereocenters. The van der Waals surface area contributed by atoms with Gasteiger partial charge in [-0.05, 0) is 30.5 Å². The van der Waals surface area contributed by atoms with Crippen LogP contribution < -0.4 is 9.47 Å². The Morgan fingerprint density at radius 1 is 1.17 bits per heavy atom. The van der Waals surface area contributed by atoms with Crippen LogP contribution in [-0.2, 0) is 0 Å². The smallest absolute Gasteiger partial charge is 0.160 e. The summed E-state index contributed by atoms with van der Waals surface area (Å²) in [5.41, 5.74) is 1.12. The van der Waals surface area contributed by atoms with Gasteiger partial charge in [-0.1, -0.05) is 28.4 Å². The maximum absolute atomic E-state index is 10.3. The Morgan fingerprint density at radius 2 is 1.89 bits per heavy atom. The minimum atomic E-state index is -0.336. The van der Waals surface area contributed by atoms with E-state index in [0.29, 0.717) is 0 Å². The molecule has 2 rings (SSSR count). The van der Waals surface area contributed by atoms with E-state index >= 15 is 0 Å². The lowest BCUT2D eigenvalue weighted by molar-refractivity contribution is 0.114. The summed E-state index contributed by atoms with van der Waals surface area (Å²) in [5.74, 6) is 1.61. The van der Waals surface area contributed by atoms with E-state index < -0.39 is 0 Å². The van der Waals surface area contributed by atoms with E-state index in [4.69, 9.17) is 9.47 Å². The van der Waals surface area contributed by atoms with Crippen LogP contribution in [-0.4, -0.2) is 30.3 Å². The van der Waals surface area contributed by atoms with Gasteiger partial charge in [-0.25, -0.2) is 0 Å². The van der Waals surface area contributed by atoms with Gasteiger partial charge in [0.1, 0.15) is 0 Å². The van der Waals surface area contributed by atoms with Gasteiger partial charge in [0.05, 0.1) is 20.3 Å². The third kappa shape index (κ3) is 2.64. The van der Waals surface area contributed by atoms with Crippen molar-refractivity contribution in [3.63, 3.8) is 0 Å². The number of alkyl halides is 1. The van der Waals surface area contributed by atoms with Crippen molar-refractivity contribution < 1.29 is 14.6 Å². The average molecular weight is 315 g/mol. The second-order valence-corrected chi connectivity index (χ2v) is 5.83. The summed E-state index contributed by atoms with van der Waals surface area (Å²) >= 11 is 3.55. The molecule has 1 aromatic carbocycles. The van der Waals surface area contributed by atoms with Gasteiger partial charge in [0.15, 0.2) is 11.5 Å². The van der Waals surface area contributed by atoms with E-state index in [0.717, 1.165) is 36.3 Å². The molecule has 1 saturated carbocycles. The molecule has 0 aromatic heterocycles. The van der Waals surface area contributed by atoms with Gasteiger partial charge in [0.25, 0.3) is 0 Å². The lowest BCUT2D eigenvalue weighted by atomic mass is 9.81. The van der Waals surface area contributed by atoms with Crippen molar-refractivity contribution >= 4 is 15.9 Å². The molecule has 1 N–H and O–H groups in total. The molecule has 100 valence electrons. The number of methoxy groups -OCH3 is 2. The molecule has 18 heavy (non-hydrogen) atoms.